The maximum atomic E-state index is 12.4. The molecule has 0 aliphatic carbocycles. The van der Waals surface area contributed by atoms with E-state index in [0.29, 0.717) is 11.1 Å². The van der Waals surface area contributed by atoms with Gasteiger partial charge in [0, 0.05) is 0 Å². The van der Waals surface area contributed by atoms with E-state index in [0.717, 1.165) is 12.8 Å². The summed E-state index contributed by atoms with van der Waals surface area (Å²) in [5.74, 6) is -0.941. The summed E-state index contributed by atoms with van der Waals surface area (Å²) >= 11 is 0. The number of benzene rings is 1. The quantitative estimate of drug-likeness (QED) is 0.761. The van der Waals surface area contributed by atoms with Gasteiger partial charge in [0.1, 0.15) is 6.61 Å². The van der Waals surface area contributed by atoms with Gasteiger partial charge in [0.2, 0.25) is 6.29 Å². The maximum absolute atomic E-state index is 12.4. The van der Waals surface area contributed by atoms with Crippen molar-refractivity contribution in [2.75, 3.05) is 6.61 Å². The Balaban J connectivity index is 2.34. The lowest BCUT2D eigenvalue weighted by molar-refractivity contribution is -0.226. The minimum Gasteiger partial charge on any atom is -0.431 e. The van der Waals surface area contributed by atoms with Crippen LogP contribution in [0.3, 0.4) is 0 Å². The first-order valence-corrected chi connectivity index (χ1v) is 7.35. The molecule has 0 aromatic heterocycles. The Morgan fingerprint density at radius 3 is 2.45 bits per heavy atom. The lowest BCUT2D eigenvalue weighted by atomic mass is 9.79. The summed E-state index contributed by atoms with van der Waals surface area (Å²) in [6.45, 7) is 2.51. The van der Waals surface area contributed by atoms with E-state index in [1.54, 1.807) is 24.3 Å². The topological polar surface area (TPSA) is 35.5 Å². The third-order valence-electron chi connectivity index (χ3n) is 4.02. The summed E-state index contributed by atoms with van der Waals surface area (Å²) in [7, 11) is 0. The van der Waals surface area contributed by atoms with E-state index in [4.69, 9.17) is 9.47 Å². The Labute approximate surface area is 127 Å². The van der Waals surface area contributed by atoms with Gasteiger partial charge in [-0.2, -0.15) is 13.2 Å². The van der Waals surface area contributed by atoms with Crippen molar-refractivity contribution in [2.24, 2.45) is 5.92 Å². The fourth-order valence-corrected chi connectivity index (χ4v) is 2.95. The van der Waals surface area contributed by atoms with Gasteiger partial charge in [0.25, 0.3) is 0 Å². The molecule has 22 heavy (non-hydrogen) atoms. The molecule has 6 heteroatoms. The predicted octanol–water partition coefficient (Wildman–Crippen LogP) is 4.28. The average Bonchev–Trinajstić information content (AvgIpc) is 2.48. The molecule has 2 atom stereocenters. The molecule has 0 N–H and O–H groups in total. The molecule has 0 amide bonds. The molecule has 0 spiro atoms. The molecular weight excluding hydrogens is 297 g/mol. The van der Waals surface area contributed by atoms with Crippen LogP contribution in [0.2, 0.25) is 0 Å². The second kappa shape index (κ2) is 6.69. The normalized spacial score (nSPS) is 21.6. The lowest BCUT2D eigenvalue weighted by Crippen LogP contribution is -2.39. The van der Waals surface area contributed by atoms with Gasteiger partial charge < -0.3 is 9.47 Å². The van der Waals surface area contributed by atoms with Gasteiger partial charge in [-0.3, -0.25) is 0 Å². The van der Waals surface area contributed by atoms with Crippen LogP contribution < -0.4 is 0 Å². The number of alkyl halides is 3. The molecule has 1 aromatic rings. The van der Waals surface area contributed by atoms with E-state index in [-0.39, 0.29) is 11.8 Å². The van der Waals surface area contributed by atoms with Crippen LogP contribution in [0.4, 0.5) is 13.2 Å². The first-order valence-electron chi connectivity index (χ1n) is 7.35. The SMILES string of the molecule is CCC(CC)C1c2ccccc2C(=O)OC1OCC(F)(F)F. The number of esters is 1. The van der Waals surface area contributed by atoms with Crippen LogP contribution in [0.15, 0.2) is 24.3 Å². The van der Waals surface area contributed by atoms with Gasteiger partial charge in [0.15, 0.2) is 0 Å². The van der Waals surface area contributed by atoms with Crippen molar-refractivity contribution in [3.63, 3.8) is 0 Å². The smallest absolute Gasteiger partial charge is 0.411 e. The van der Waals surface area contributed by atoms with Gasteiger partial charge >= 0.3 is 12.1 Å². The number of rotatable bonds is 5. The summed E-state index contributed by atoms with van der Waals surface area (Å²) < 4.78 is 47.3. The van der Waals surface area contributed by atoms with Crippen molar-refractivity contribution in [2.45, 2.75) is 45.1 Å². The monoisotopic (exact) mass is 316 g/mol. The lowest BCUT2D eigenvalue weighted by Gasteiger charge is -2.37. The fourth-order valence-electron chi connectivity index (χ4n) is 2.95. The van der Waals surface area contributed by atoms with Gasteiger partial charge in [-0.1, -0.05) is 44.9 Å². The average molecular weight is 316 g/mol. The molecule has 122 valence electrons. The van der Waals surface area contributed by atoms with Crippen LogP contribution in [-0.4, -0.2) is 25.0 Å². The standard InChI is InChI=1S/C16H19F3O3/c1-3-10(4-2)13-11-7-5-6-8-12(11)14(20)22-15(13)21-9-16(17,18)19/h5-8,10,13,15H,3-4,9H2,1-2H3. The van der Waals surface area contributed by atoms with Crippen molar-refractivity contribution in [1.82, 2.24) is 0 Å². The van der Waals surface area contributed by atoms with Crippen molar-refractivity contribution in [1.29, 1.82) is 0 Å². The van der Waals surface area contributed by atoms with Gasteiger partial charge in [-0.15, -0.1) is 0 Å². The van der Waals surface area contributed by atoms with Crippen LogP contribution in [-0.2, 0) is 9.47 Å². The first-order chi connectivity index (χ1) is 10.4. The zero-order valence-corrected chi connectivity index (χ0v) is 12.5. The third-order valence-corrected chi connectivity index (χ3v) is 4.02. The summed E-state index contributed by atoms with van der Waals surface area (Å²) in [5, 5.41) is 0. The predicted molar refractivity (Wildman–Crippen MR) is 74.5 cm³/mol. The van der Waals surface area contributed by atoms with Crippen LogP contribution in [0.1, 0.15) is 48.5 Å². The summed E-state index contributed by atoms with van der Waals surface area (Å²) in [5.41, 5.74) is 1.12. The van der Waals surface area contributed by atoms with E-state index in [2.05, 4.69) is 0 Å². The van der Waals surface area contributed by atoms with Gasteiger partial charge in [0.05, 0.1) is 11.5 Å². The van der Waals surface area contributed by atoms with Crippen molar-refractivity contribution in [3.05, 3.63) is 35.4 Å². The number of hydrogen-bond acceptors (Lipinski definition) is 3. The number of halogens is 3. The van der Waals surface area contributed by atoms with Crippen LogP contribution >= 0.6 is 0 Å². The molecule has 2 rings (SSSR count). The molecule has 0 radical (unpaired) electrons. The second-order valence-electron chi connectivity index (χ2n) is 5.39. The number of ether oxygens (including phenoxy) is 2. The zero-order chi connectivity index (χ0) is 16.3. The molecule has 1 aromatic carbocycles. The van der Waals surface area contributed by atoms with E-state index in [1.165, 1.54) is 0 Å². The fraction of sp³-hybridized carbons (Fsp3) is 0.562. The Morgan fingerprint density at radius 1 is 1.23 bits per heavy atom. The summed E-state index contributed by atoms with van der Waals surface area (Å²) in [4.78, 5) is 12.0. The van der Waals surface area contributed by atoms with Crippen molar-refractivity contribution >= 4 is 5.97 Å². The second-order valence-corrected chi connectivity index (χ2v) is 5.39. The van der Waals surface area contributed by atoms with E-state index >= 15 is 0 Å². The number of carbonyl (C=O) groups excluding carboxylic acids is 1. The van der Waals surface area contributed by atoms with Gasteiger partial charge in [-0.05, 0) is 17.5 Å². The maximum Gasteiger partial charge on any atom is 0.411 e. The Hall–Kier alpha value is -1.56. The number of hydrogen-bond donors (Lipinski definition) is 0. The van der Waals surface area contributed by atoms with Crippen LogP contribution in [0.5, 0.6) is 0 Å². The highest BCUT2D eigenvalue weighted by molar-refractivity contribution is 5.92. The largest absolute Gasteiger partial charge is 0.431 e. The molecule has 1 aliphatic rings. The molecule has 0 fully saturated rings. The Kier molecular flexibility index (Phi) is 5.11. The molecule has 1 heterocycles. The number of carbonyl (C=O) groups is 1. The minimum atomic E-state index is -4.46. The highest BCUT2D eigenvalue weighted by Gasteiger charge is 2.41. The van der Waals surface area contributed by atoms with Crippen molar-refractivity contribution in [3.8, 4) is 0 Å². The molecule has 1 aliphatic heterocycles. The third kappa shape index (κ3) is 3.61. The minimum absolute atomic E-state index is 0.0764. The Bertz CT molecular complexity index is 524. The van der Waals surface area contributed by atoms with Crippen LogP contribution in [0, 0.1) is 5.92 Å². The zero-order valence-electron chi connectivity index (χ0n) is 12.5. The van der Waals surface area contributed by atoms with Gasteiger partial charge in [-0.25, -0.2) is 4.79 Å². The molecule has 0 bridgehead atoms. The number of fused-ring (bicyclic) bond motifs is 1. The molecule has 0 saturated carbocycles. The highest BCUT2D eigenvalue weighted by atomic mass is 19.4. The van der Waals surface area contributed by atoms with E-state index in [9.17, 15) is 18.0 Å². The van der Waals surface area contributed by atoms with E-state index < -0.39 is 25.0 Å². The first kappa shape index (κ1) is 16.8. The molecular formula is C16H19F3O3. The molecule has 0 saturated heterocycles. The Morgan fingerprint density at radius 2 is 1.86 bits per heavy atom. The molecule has 2 unspecified atom stereocenters. The summed E-state index contributed by atoms with van der Waals surface area (Å²) in [6.07, 6.45) is -4.13. The van der Waals surface area contributed by atoms with Crippen LogP contribution in [0.25, 0.3) is 0 Å². The number of cyclic esters (lactones) is 1. The van der Waals surface area contributed by atoms with Crippen molar-refractivity contribution < 1.29 is 27.4 Å². The summed E-state index contributed by atoms with van der Waals surface area (Å²) in [6, 6.07) is 6.88. The molecule has 3 nitrogen and oxygen atoms in total. The van der Waals surface area contributed by atoms with E-state index in [1.807, 2.05) is 13.8 Å². The highest BCUT2D eigenvalue weighted by Crippen LogP contribution is 2.40.